The summed E-state index contributed by atoms with van der Waals surface area (Å²) in [6.45, 7) is 7.31. The van der Waals surface area contributed by atoms with Gasteiger partial charge in [-0.1, -0.05) is 38.8 Å². The molecule has 0 saturated carbocycles. The molecule has 134 valence electrons. The molecule has 2 aromatic rings. The van der Waals surface area contributed by atoms with Crippen molar-refractivity contribution in [3.8, 4) is 0 Å². The standard InChI is InChI=1S/C18H29N5.HI/c1-4-15(5-2)13-21-18(19-3)20-11-8-12-23-14-22-16-9-6-7-10-17(16)23;/h6-7,9-10,14-15H,4-5,8,11-13H2,1-3H3,(H2,19,20,21);1H. The van der Waals surface area contributed by atoms with Gasteiger partial charge in [-0.3, -0.25) is 4.99 Å². The van der Waals surface area contributed by atoms with Gasteiger partial charge in [-0.25, -0.2) is 4.98 Å². The number of guanidine groups is 1. The summed E-state index contributed by atoms with van der Waals surface area (Å²) in [4.78, 5) is 8.71. The molecule has 0 amide bonds. The SMILES string of the molecule is CCC(CC)CNC(=NC)NCCCn1cnc2ccccc21.I. The van der Waals surface area contributed by atoms with Crippen molar-refractivity contribution in [1.82, 2.24) is 20.2 Å². The average molecular weight is 443 g/mol. The number of hydrogen-bond donors (Lipinski definition) is 2. The highest BCUT2D eigenvalue weighted by molar-refractivity contribution is 14.0. The van der Waals surface area contributed by atoms with Gasteiger partial charge >= 0.3 is 0 Å². The van der Waals surface area contributed by atoms with Crippen LogP contribution in [0.25, 0.3) is 11.0 Å². The second kappa shape index (κ2) is 11.3. The third kappa shape index (κ3) is 5.96. The normalized spacial score (nSPS) is 11.6. The van der Waals surface area contributed by atoms with Crippen molar-refractivity contribution in [2.24, 2.45) is 10.9 Å². The van der Waals surface area contributed by atoms with Crippen LogP contribution in [0, 0.1) is 5.92 Å². The lowest BCUT2D eigenvalue weighted by Crippen LogP contribution is -2.40. The smallest absolute Gasteiger partial charge is 0.190 e. The Morgan fingerprint density at radius 3 is 2.67 bits per heavy atom. The summed E-state index contributed by atoms with van der Waals surface area (Å²) >= 11 is 0. The van der Waals surface area contributed by atoms with Crippen LogP contribution in [0.3, 0.4) is 0 Å². The van der Waals surface area contributed by atoms with Crippen molar-refractivity contribution < 1.29 is 0 Å². The van der Waals surface area contributed by atoms with E-state index in [1.54, 1.807) is 0 Å². The highest BCUT2D eigenvalue weighted by Gasteiger charge is 2.05. The van der Waals surface area contributed by atoms with Gasteiger partial charge in [-0.05, 0) is 24.5 Å². The number of para-hydroxylation sites is 2. The molecule has 0 aliphatic carbocycles. The van der Waals surface area contributed by atoms with Gasteiger partial charge in [0.05, 0.1) is 17.4 Å². The molecule has 0 bridgehead atoms. The van der Waals surface area contributed by atoms with Crippen LogP contribution in [0.4, 0.5) is 0 Å². The zero-order chi connectivity index (χ0) is 16.5. The molecule has 1 aromatic heterocycles. The summed E-state index contributed by atoms with van der Waals surface area (Å²) in [5.41, 5.74) is 2.26. The first-order valence-corrected chi connectivity index (χ1v) is 8.62. The van der Waals surface area contributed by atoms with Crippen molar-refractivity contribution in [2.75, 3.05) is 20.1 Å². The molecule has 2 rings (SSSR count). The van der Waals surface area contributed by atoms with Gasteiger partial charge in [-0.2, -0.15) is 0 Å². The molecule has 0 spiro atoms. The van der Waals surface area contributed by atoms with Crippen molar-refractivity contribution >= 4 is 41.0 Å². The number of benzene rings is 1. The summed E-state index contributed by atoms with van der Waals surface area (Å²) in [5, 5.41) is 6.80. The van der Waals surface area contributed by atoms with Crippen molar-refractivity contribution in [1.29, 1.82) is 0 Å². The molecule has 0 fully saturated rings. The number of imidazole rings is 1. The van der Waals surface area contributed by atoms with E-state index >= 15 is 0 Å². The zero-order valence-corrected chi connectivity index (χ0v) is 17.3. The minimum Gasteiger partial charge on any atom is -0.356 e. The number of halogens is 1. The van der Waals surface area contributed by atoms with Crippen molar-refractivity contribution in [3.05, 3.63) is 30.6 Å². The summed E-state index contributed by atoms with van der Waals surface area (Å²) in [5.74, 6) is 1.61. The van der Waals surface area contributed by atoms with Crippen LogP contribution in [0.15, 0.2) is 35.6 Å². The Balaban J connectivity index is 0.00000288. The highest BCUT2D eigenvalue weighted by Crippen LogP contribution is 2.11. The molecular formula is C18H30IN5. The van der Waals surface area contributed by atoms with Crippen LogP contribution in [-0.4, -0.2) is 35.6 Å². The predicted octanol–water partition coefficient (Wildman–Crippen LogP) is 3.65. The van der Waals surface area contributed by atoms with Crippen LogP contribution in [0.2, 0.25) is 0 Å². The fraction of sp³-hybridized carbons (Fsp3) is 0.556. The number of nitrogens with one attached hydrogen (secondary N) is 2. The molecule has 2 N–H and O–H groups in total. The zero-order valence-electron chi connectivity index (χ0n) is 15.0. The summed E-state index contributed by atoms with van der Waals surface area (Å²) < 4.78 is 2.21. The number of fused-ring (bicyclic) bond motifs is 1. The van der Waals surface area contributed by atoms with Gasteiger partial charge in [0.1, 0.15) is 0 Å². The maximum atomic E-state index is 4.42. The second-order valence-corrected chi connectivity index (χ2v) is 5.84. The van der Waals surface area contributed by atoms with E-state index in [0.717, 1.165) is 37.5 Å². The Hall–Kier alpha value is -1.31. The summed E-state index contributed by atoms with van der Waals surface area (Å²) in [7, 11) is 1.83. The number of nitrogens with zero attached hydrogens (tertiary/aromatic N) is 3. The molecule has 0 aliphatic rings. The van der Waals surface area contributed by atoms with E-state index in [4.69, 9.17) is 0 Å². The first-order chi connectivity index (χ1) is 11.3. The highest BCUT2D eigenvalue weighted by atomic mass is 127. The van der Waals surface area contributed by atoms with Gasteiger partial charge in [0.15, 0.2) is 5.96 Å². The fourth-order valence-electron chi connectivity index (χ4n) is 2.68. The van der Waals surface area contributed by atoms with Gasteiger partial charge in [-0.15, -0.1) is 24.0 Å². The first kappa shape index (κ1) is 20.7. The van der Waals surface area contributed by atoms with Crippen LogP contribution in [0.5, 0.6) is 0 Å². The minimum absolute atomic E-state index is 0. The summed E-state index contributed by atoms with van der Waals surface area (Å²) in [6, 6.07) is 8.25. The summed E-state index contributed by atoms with van der Waals surface area (Å²) in [6.07, 6.45) is 5.36. The fourth-order valence-corrected chi connectivity index (χ4v) is 2.68. The topological polar surface area (TPSA) is 54.2 Å². The molecule has 0 saturated heterocycles. The Bertz CT molecular complexity index is 619. The predicted molar refractivity (Wildman–Crippen MR) is 113 cm³/mol. The Morgan fingerprint density at radius 1 is 1.21 bits per heavy atom. The lowest BCUT2D eigenvalue weighted by Gasteiger charge is -2.16. The Labute approximate surface area is 162 Å². The molecule has 5 nitrogen and oxygen atoms in total. The molecule has 0 atom stereocenters. The van der Waals surface area contributed by atoms with E-state index < -0.39 is 0 Å². The Kier molecular flexibility index (Phi) is 9.75. The maximum Gasteiger partial charge on any atom is 0.190 e. The molecule has 0 unspecified atom stereocenters. The lowest BCUT2D eigenvalue weighted by molar-refractivity contribution is 0.481. The van der Waals surface area contributed by atoms with E-state index in [2.05, 4.69) is 51.2 Å². The lowest BCUT2D eigenvalue weighted by atomic mass is 10.0. The Morgan fingerprint density at radius 2 is 1.96 bits per heavy atom. The number of hydrogen-bond acceptors (Lipinski definition) is 2. The second-order valence-electron chi connectivity index (χ2n) is 5.84. The van der Waals surface area contributed by atoms with Gasteiger partial charge in [0.25, 0.3) is 0 Å². The van der Waals surface area contributed by atoms with Gasteiger partial charge in [0.2, 0.25) is 0 Å². The van der Waals surface area contributed by atoms with Crippen LogP contribution in [-0.2, 0) is 6.54 Å². The van der Waals surface area contributed by atoms with Crippen LogP contribution in [0.1, 0.15) is 33.1 Å². The number of aliphatic imine (C=N–C) groups is 1. The van der Waals surface area contributed by atoms with E-state index in [1.165, 1.54) is 18.4 Å². The molecule has 24 heavy (non-hydrogen) atoms. The third-order valence-corrected chi connectivity index (χ3v) is 4.33. The van der Waals surface area contributed by atoms with E-state index in [9.17, 15) is 0 Å². The largest absolute Gasteiger partial charge is 0.356 e. The minimum atomic E-state index is 0. The molecule has 6 heteroatoms. The molecule has 0 aliphatic heterocycles. The van der Waals surface area contributed by atoms with Crippen molar-refractivity contribution in [3.63, 3.8) is 0 Å². The van der Waals surface area contributed by atoms with Gasteiger partial charge < -0.3 is 15.2 Å². The van der Waals surface area contributed by atoms with Gasteiger partial charge in [0, 0.05) is 26.7 Å². The van der Waals surface area contributed by atoms with E-state index in [1.807, 2.05) is 25.5 Å². The van der Waals surface area contributed by atoms with Crippen LogP contribution >= 0.6 is 24.0 Å². The quantitative estimate of drug-likeness (QED) is 0.284. The monoisotopic (exact) mass is 443 g/mol. The first-order valence-electron chi connectivity index (χ1n) is 8.62. The molecule has 1 heterocycles. The van der Waals surface area contributed by atoms with Crippen molar-refractivity contribution in [2.45, 2.75) is 39.7 Å². The number of aryl methyl sites for hydroxylation is 1. The molecule has 1 aromatic carbocycles. The number of aromatic nitrogens is 2. The maximum absolute atomic E-state index is 4.42. The van der Waals surface area contributed by atoms with E-state index in [-0.39, 0.29) is 24.0 Å². The van der Waals surface area contributed by atoms with E-state index in [0.29, 0.717) is 5.92 Å². The van der Waals surface area contributed by atoms with Crippen LogP contribution < -0.4 is 10.6 Å². The third-order valence-electron chi connectivity index (χ3n) is 4.33. The molecular weight excluding hydrogens is 413 g/mol. The average Bonchev–Trinajstić information content (AvgIpc) is 3.00. The number of rotatable bonds is 8. The molecule has 0 radical (unpaired) electrons.